The van der Waals surface area contributed by atoms with Gasteiger partial charge in [-0.1, -0.05) is 6.07 Å². The van der Waals surface area contributed by atoms with Crippen molar-refractivity contribution in [2.45, 2.75) is 19.1 Å². The highest BCUT2D eigenvalue weighted by molar-refractivity contribution is 5.91. The summed E-state index contributed by atoms with van der Waals surface area (Å²) in [6, 6.07) is 3.74. The number of allylic oxidation sites excluding steroid dienone is 2. The number of hydrogen-bond donors (Lipinski definition) is 1. The summed E-state index contributed by atoms with van der Waals surface area (Å²) < 4.78 is 39.7. The van der Waals surface area contributed by atoms with Crippen LogP contribution in [-0.4, -0.2) is 24.3 Å². The van der Waals surface area contributed by atoms with Gasteiger partial charge in [-0.3, -0.25) is 10.1 Å². The van der Waals surface area contributed by atoms with E-state index in [1.165, 1.54) is 31.3 Å². The number of methoxy groups -OCH3 is 1. The molecule has 0 aromatic heterocycles. The first kappa shape index (κ1) is 16.7. The second kappa shape index (κ2) is 5.72. The van der Waals surface area contributed by atoms with Crippen molar-refractivity contribution in [3.05, 3.63) is 57.0 Å². The van der Waals surface area contributed by atoms with E-state index in [4.69, 9.17) is 0 Å². The number of halogens is 2. The zero-order valence-corrected chi connectivity index (χ0v) is 13.0. The molecule has 0 bridgehead atoms. The van der Waals surface area contributed by atoms with Gasteiger partial charge >= 0.3 is 12.3 Å². The largest absolute Gasteiger partial charge is 0.586 e. The van der Waals surface area contributed by atoms with E-state index in [1.807, 2.05) is 0 Å². The van der Waals surface area contributed by atoms with Gasteiger partial charge in [-0.05, 0) is 24.6 Å². The summed E-state index contributed by atoms with van der Waals surface area (Å²) in [6.45, 7) is 1.47. The number of esters is 1. The summed E-state index contributed by atoms with van der Waals surface area (Å²) in [5.41, 5.74) is 0.0915. The molecule has 8 nitrogen and oxygen atoms in total. The van der Waals surface area contributed by atoms with Crippen molar-refractivity contribution < 1.29 is 32.7 Å². The number of carbonyl (C=O) groups is 1. The fraction of sp³-hybridized carbons (Fsp3) is 0.267. The van der Waals surface area contributed by atoms with Gasteiger partial charge < -0.3 is 19.5 Å². The molecule has 1 unspecified atom stereocenters. The lowest BCUT2D eigenvalue weighted by atomic mass is 9.86. The predicted molar refractivity (Wildman–Crippen MR) is 78.3 cm³/mol. The second-order valence-corrected chi connectivity index (χ2v) is 5.31. The van der Waals surface area contributed by atoms with Crippen molar-refractivity contribution in [1.29, 1.82) is 0 Å². The SMILES string of the molecule is COC(=O)C1=CNC(C)=C([N+](=O)[O-])C1c1ccc2c(c1)OC(F)(F)O2. The third-order valence-electron chi connectivity index (χ3n) is 3.79. The molecule has 2 aliphatic rings. The Balaban J connectivity index is 2.11. The van der Waals surface area contributed by atoms with Crippen LogP contribution in [-0.2, 0) is 9.53 Å². The molecule has 25 heavy (non-hydrogen) atoms. The minimum Gasteiger partial charge on any atom is -0.466 e. The van der Waals surface area contributed by atoms with Gasteiger partial charge in [-0.25, -0.2) is 4.79 Å². The highest BCUT2D eigenvalue weighted by atomic mass is 19.3. The van der Waals surface area contributed by atoms with Crippen molar-refractivity contribution in [3.63, 3.8) is 0 Å². The molecule has 0 radical (unpaired) electrons. The lowest BCUT2D eigenvalue weighted by Gasteiger charge is -2.23. The van der Waals surface area contributed by atoms with E-state index in [1.54, 1.807) is 0 Å². The Bertz CT molecular complexity index is 833. The number of nitrogens with one attached hydrogen (secondary N) is 1. The zero-order valence-electron chi connectivity index (χ0n) is 13.0. The van der Waals surface area contributed by atoms with E-state index in [0.29, 0.717) is 0 Å². The van der Waals surface area contributed by atoms with Crippen LogP contribution in [0.4, 0.5) is 8.78 Å². The third-order valence-corrected chi connectivity index (χ3v) is 3.79. The molecule has 2 heterocycles. The molecule has 0 fully saturated rings. The van der Waals surface area contributed by atoms with Gasteiger partial charge in [0.2, 0.25) is 0 Å². The lowest BCUT2D eigenvalue weighted by Crippen LogP contribution is -2.28. The number of ether oxygens (including phenoxy) is 3. The number of dihydropyridines is 1. The summed E-state index contributed by atoms with van der Waals surface area (Å²) in [5, 5.41) is 14.1. The summed E-state index contributed by atoms with van der Waals surface area (Å²) in [4.78, 5) is 22.9. The number of nitro groups is 1. The van der Waals surface area contributed by atoms with Crippen molar-refractivity contribution in [2.75, 3.05) is 7.11 Å². The molecule has 1 atom stereocenters. The van der Waals surface area contributed by atoms with Crippen molar-refractivity contribution >= 4 is 5.97 Å². The van der Waals surface area contributed by atoms with E-state index in [-0.39, 0.29) is 34.0 Å². The van der Waals surface area contributed by atoms with Crippen LogP contribution in [0.15, 0.2) is 41.4 Å². The minimum absolute atomic E-state index is 0.0366. The Morgan fingerprint density at radius 2 is 2.04 bits per heavy atom. The quantitative estimate of drug-likeness (QED) is 0.505. The monoisotopic (exact) mass is 354 g/mol. The third kappa shape index (κ3) is 2.86. The molecule has 1 aromatic carbocycles. The predicted octanol–water partition coefficient (Wildman–Crippen LogP) is 2.26. The normalized spacial score (nSPS) is 20.6. The summed E-state index contributed by atoms with van der Waals surface area (Å²) >= 11 is 0. The van der Waals surface area contributed by atoms with Gasteiger partial charge in [-0.15, -0.1) is 8.78 Å². The molecular formula is C15H12F2N2O6. The summed E-state index contributed by atoms with van der Waals surface area (Å²) in [7, 11) is 1.14. The number of benzene rings is 1. The van der Waals surface area contributed by atoms with Crippen LogP contribution < -0.4 is 14.8 Å². The van der Waals surface area contributed by atoms with Gasteiger partial charge in [0.25, 0.3) is 5.70 Å². The molecule has 0 aliphatic carbocycles. The summed E-state index contributed by atoms with van der Waals surface area (Å²) in [6.07, 6.45) is -2.52. The van der Waals surface area contributed by atoms with Gasteiger partial charge in [0.1, 0.15) is 5.92 Å². The molecule has 1 aromatic rings. The Morgan fingerprint density at radius 1 is 1.36 bits per heavy atom. The molecule has 0 amide bonds. The van der Waals surface area contributed by atoms with Crippen molar-refractivity contribution in [3.8, 4) is 11.5 Å². The number of fused-ring (bicyclic) bond motifs is 1. The van der Waals surface area contributed by atoms with E-state index >= 15 is 0 Å². The zero-order chi connectivity index (χ0) is 18.4. The Hall–Kier alpha value is -3.17. The molecule has 1 N–H and O–H groups in total. The van der Waals surface area contributed by atoms with Crippen molar-refractivity contribution in [1.82, 2.24) is 5.32 Å². The lowest BCUT2D eigenvalue weighted by molar-refractivity contribution is -0.431. The van der Waals surface area contributed by atoms with Gasteiger partial charge in [0.15, 0.2) is 11.5 Å². The highest BCUT2D eigenvalue weighted by Gasteiger charge is 2.45. The van der Waals surface area contributed by atoms with Crippen LogP contribution in [0.25, 0.3) is 0 Å². The smallest absolute Gasteiger partial charge is 0.466 e. The van der Waals surface area contributed by atoms with Crippen LogP contribution >= 0.6 is 0 Å². The first-order valence-electron chi connectivity index (χ1n) is 7.03. The average Bonchev–Trinajstić information content (AvgIpc) is 2.86. The second-order valence-electron chi connectivity index (χ2n) is 5.31. The average molecular weight is 354 g/mol. The molecule has 0 saturated carbocycles. The topological polar surface area (TPSA) is 99.9 Å². The van der Waals surface area contributed by atoms with Crippen LogP contribution in [0.5, 0.6) is 11.5 Å². The minimum atomic E-state index is -3.81. The van der Waals surface area contributed by atoms with Gasteiger partial charge in [0.05, 0.1) is 23.3 Å². The fourth-order valence-corrected chi connectivity index (χ4v) is 2.73. The van der Waals surface area contributed by atoms with Crippen LogP contribution in [0, 0.1) is 10.1 Å². The fourth-order valence-electron chi connectivity index (χ4n) is 2.73. The molecule has 10 heteroatoms. The molecule has 2 aliphatic heterocycles. The van der Waals surface area contributed by atoms with Crippen LogP contribution in [0.3, 0.4) is 0 Å². The standard InChI is InChI=1S/C15H12F2N2O6/c1-7-13(19(21)22)12(9(6-18-7)14(20)23-2)8-3-4-10-11(5-8)25-15(16,17)24-10/h3-6,12,18H,1-2H3. The first-order chi connectivity index (χ1) is 11.7. The number of rotatable bonds is 3. The molecule has 132 valence electrons. The van der Waals surface area contributed by atoms with Crippen LogP contribution in [0.1, 0.15) is 18.4 Å². The Kier molecular flexibility index (Phi) is 3.82. The van der Waals surface area contributed by atoms with E-state index < -0.39 is 23.1 Å². The number of alkyl halides is 2. The Labute approximate surface area is 139 Å². The summed E-state index contributed by atoms with van der Waals surface area (Å²) in [5.74, 6) is -2.38. The van der Waals surface area contributed by atoms with Crippen molar-refractivity contribution in [2.24, 2.45) is 0 Å². The maximum absolute atomic E-state index is 13.2. The maximum Gasteiger partial charge on any atom is 0.586 e. The molecular weight excluding hydrogens is 342 g/mol. The van der Waals surface area contributed by atoms with E-state index in [9.17, 15) is 23.7 Å². The maximum atomic E-state index is 13.2. The van der Waals surface area contributed by atoms with E-state index in [0.717, 1.165) is 7.11 Å². The Morgan fingerprint density at radius 3 is 2.68 bits per heavy atom. The molecule has 3 rings (SSSR count). The van der Waals surface area contributed by atoms with Crippen LogP contribution in [0.2, 0.25) is 0 Å². The highest BCUT2D eigenvalue weighted by Crippen LogP contribution is 2.45. The number of hydrogen-bond acceptors (Lipinski definition) is 7. The molecule has 0 spiro atoms. The molecule has 0 saturated heterocycles. The first-order valence-corrected chi connectivity index (χ1v) is 7.03. The number of nitrogens with zero attached hydrogens (tertiary/aromatic N) is 1. The number of carbonyl (C=O) groups excluding carboxylic acids is 1. The van der Waals surface area contributed by atoms with Gasteiger partial charge in [-0.2, -0.15) is 0 Å². The van der Waals surface area contributed by atoms with Gasteiger partial charge in [0, 0.05) is 6.20 Å². The van der Waals surface area contributed by atoms with E-state index in [2.05, 4.69) is 19.5 Å².